The number of hydrogen-bond acceptors (Lipinski definition) is 4. The van der Waals surface area contributed by atoms with E-state index in [1.54, 1.807) is 22.5 Å². The number of nitrogens with zero attached hydrogens (tertiary/aromatic N) is 2. The highest BCUT2D eigenvalue weighted by molar-refractivity contribution is 7.89. The number of para-hydroxylation sites is 1. The zero-order chi connectivity index (χ0) is 20.6. The molecule has 0 aliphatic carbocycles. The summed E-state index contributed by atoms with van der Waals surface area (Å²) in [6.07, 6.45) is 0. The Balaban J connectivity index is 1.45. The van der Waals surface area contributed by atoms with Crippen LogP contribution >= 0.6 is 0 Å². The van der Waals surface area contributed by atoms with Crippen LogP contribution in [0.3, 0.4) is 0 Å². The highest BCUT2D eigenvalue weighted by Gasteiger charge is 2.30. The predicted molar refractivity (Wildman–Crippen MR) is 111 cm³/mol. The van der Waals surface area contributed by atoms with Crippen molar-refractivity contribution >= 4 is 20.9 Å². The molecule has 2 heterocycles. The van der Waals surface area contributed by atoms with Crippen molar-refractivity contribution < 1.29 is 13.3 Å². The lowest BCUT2D eigenvalue weighted by Crippen LogP contribution is -3.13. The van der Waals surface area contributed by atoms with Crippen molar-refractivity contribution in [2.45, 2.75) is 25.3 Å². The molecule has 3 aromatic rings. The molecule has 29 heavy (non-hydrogen) atoms. The lowest BCUT2D eigenvalue weighted by Gasteiger charge is -2.31. The van der Waals surface area contributed by atoms with Gasteiger partial charge in [0.25, 0.3) is 5.56 Å². The van der Waals surface area contributed by atoms with Crippen LogP contribution in [0.5, 0.6) is 0 Å². The van der Waals surface area contributed by atoms with E-state index in [0.29, 0.717) is 54.3 Å². The zero-order valence-corrected chi connectivity index (χ0v) is 17.4. The van der Waals surface area contributed by atoms with E-state index in [1.165, 1.54) is 4.90 Å². The van der Waals surface area contributed by atoms with Gasteiger partial charge in [0.1, 0.15) is 6.54 Å². The fourth-order valence-electron chi connectivity index (χ4n) is 3.70. The second-order valence-electron chi connectivity index (χ2n) is 7.61. The summed E-state index contributed by atoms with van der Waals surface area (Å²) in [5.41, 5.74) is 2.60. The van der Waals surface area contributed by atoms with E-state index in [0.717, 1.165) is 11.1 Å². The quantitative estimate of drug-likeness (QED) is 0.657. The van der Waals surface area contributed by atoms with Gasteiger partial charge in [0.05, 0.1) is 42.0 Å². The molecule has 0 radical (unpaired) electrons. The summed E-state index contributed by atoms with van der Waals surface area (Å²) in [6, 6.07) is 12.5. The fraction of sp³-hybridized carbons (Fsp3) is 0.333. The number of rotatable bonds is 4. The maximum atomic E-state index is 13.0. The van der Waals surface area contributed by atoms with Gasteiger partial charge < -0.3 is 9.88 Å². The Morgan fingerprint density at radius 1 is 1.07 bits per heavy atom. The predicted octanol–water partition coefficient (Wildman–Crippen LogP) is 0.629. The van der Waals surface area contributed by atoms with Gasteiger partial charge in [-0.15, -0.1) is 0 Å². The van der Waals surface area contributed by atoms with Crippen molar-refractivity contribution in [3.8, 4) is 0 Å². The number of aryl methyl sites for hydroxylation is 2. The molecule has 7 nitrogen and oxygen atoms in total. The van der Waals surface area contributed by atoms with Crippen LogP contribution in [0.1, 0.15) is 17.0 Å². The number of piperazine rings is 1. The lowest BCUT2D eigenvalue weighted by atomic mass is 10.1. The molecule has 0 atom stereocenters. The van der Waals surface area contributed by atoms with E-state index in [-0.39, 0.29) is 5.56 Å². The summed E-state index contributed by atoms with van der Waals surface area (Å²) in [5, 5.41) is 0.579. The molecule has 8 heteroatoms. The summed E-state index contributed by atoms with van der Waals surface area (Å²) in [6.45, 7) is 6.69. The smallest absolute Gasteiger partial charge is 0.258 e. The van der Waals surface area contributed by atoms with E-state index >= 15 is 0 Å². The summed E-state index contributed by atoms with van der Waals surface area (Å²) in [7, 11) is -3.49. The van der Waals surface area contributed by atoms with Crippen molar-refractivity contribution in [3.63, 3.8) is 0 Å². The zero-order valence-electron chi connectivity index (χ0n) is 16.6. The Kier molecular flexibility index (Phi) is 5.24. The van der Waals surface area contributed by atoms with Gasteiger partial charge in [0, 0.05) is 0 Å². The van der Waals surface area contributed by atoms with Crippen molar-refractivity contribution in [1.82, 2.24) is 14.3 Å². The van der Waals surface area contributed by atoms with Crippen molar-refractivity contribution in [1.29, 1.82) is 0 Å². The van der Waals surface area contributed by atoms with Gasteiger partial charge in [0.2, 0.25) is 10.0 Å². The van der Waals surface area contributed by atoms with Gasteiger partial charge in [-0.05, 0) is 49.2 Å². The monoisotopic (exact) mass is 413 g/mol. The first-order chi connectivity index (χ1) is 13.8. The molecule has 0 unspecified atom stereocenters. The maximum absolute atomic E-state index is 13.0. The molecule has 2 N–H and O–H groups in total. The van der Waals surface area contributed by atoms with Gasteiger partial charge in [-0.25, -0.2) is 13.4 Å². The fourth-order valence-corrected chi connectivity index (χ4v) is 5.23. The number of nitrogens with one attached hydrogen (secondary N) is 2. The van der Waals surface area contributed by atoms with E-state index in [4.69, 9.17) is 0 Å². The van der Waals surface area contributed by atoms with Gasteiger partial charge in [0.15, 0.2) is 5.82 Å². The van der Waals surface area contributed by atoms with Crippen molar-refractivity contribution in [2.24, 2.45) is 0 Å². The third-order valence-corrected chi connectivity index (χ3v) is 7.52. The van der Waals surface area contributed by atoms with Crippen LogP contribution in [0.25, 0.3) is 10.9 Å². The van der Waals surface area contributed by atoms with Crippen LogP contribution in [0.2, 0.25) is 0 Å². The number of H-pyrrole nitrogens is 1. The first kappa shape index (κ1) is 19.8. The Bertz CT molecular complexity index is 1210. The first-order valence-electron chi connectivity index (χ1n) is 9.73. The number of aromatic amines is 1. The Labute approximate surface area is 170 Å². The van der Waals surface area contributed by atoms with Crippen molar-refractivity contribution in [3.05, 3.63) is 69.8 Å². The molecule has 1 aliphatic rings. The molecule has 2 aromatic carbocycles. The Morgan fingerprint density at radius 2 is 1.79 bits per heavy atom. The molecular formula is C21H25N4O3S+. The molecule has 152 valence electrons. The largest absolute Gasteiger partial charge is 0.326 e. The van der Waals surface area contributed by atoms with E-state index in [1.807, 2.05) is 38.1 Å². The second kappa shape index (κ2) is 7.70. The van der Waals surface area contributed by atoms with Crippen LogP contribution < -0.4 is 10.5 Å². The minimum atomic E-state index is -3.49. The number of fused-ring (bicyclic) bond motifs is 1. The minimum Gasteiger partial charge on any atom is -0.326 e. The highest BCUT2D eigenvalue weighted by Crippen LogP contribution is 2.19. The van der Waals surface area contributed by atoms with Crippen LogP contribution in [0.4, 0.5) is 0 Å². The molecule has 1 saturated heterocycles. The van der Waals surface area contributed by atoms with E-state index in [9.17, 15) is 13.2 Å². The molecule has 4 rings (SSSR count). The number of benzene rings is 2. The van der Waals surface area contributed by atoms with Crippen LogP contribution in [-0.4, -0.2) is 48.9 Å². The topological polar surface area (TPSA) is 87.6 Å². The van der Waals surface area contributed by atoms with Crippen LogP contribution in [0.15, 0.2) is 52.2 Å². The minimum absolute atomic E-state index is 0.138. The lowest BCUT2D eigenvalue weighted by molar-refractivity contribution is -0.917. The van der Waals surface area contributed by atoms with Crippen LogP contribution in [-0.2, 0) is 16.6 Å². The molecule has 0 bridgehead atoms. The SMILES string of the molecule is Cc1ccc(S(=O)(=O)N2CC[NH+](Cc3nc4ccccc4c(=O)[nH]3)CC2)cc1C. The number of quaternary nitrogens is 1. The van der Waals surface area contributed by atoms with Crippen molar-refractivity contribution in [2.75, 3.05) is 26.2 Å². The maximum Gasteiger partial charge on any atom is 0.258 e. The first-order valence-corrected chi connectivity index (χ1v) is 11.2. The Morgan fingerprint density at radius 3 is 2.52 bits per heavy atom. The number of sulfonamides is 1. The van der Waals surface area contributed by atoms with E-state index in [2.05, 4.69) is 9.97 Å². The molecule has 0 spiro atoms. The third kappa shape index (κ3) is 3.96. The van der Waals surface area contributed by atoms with Gasteiger partial charge in [-0.3, -0.25) is 4.79 Å². The average molecular weight is 414 g/mol. The molecule has 1 aliphatic heterocycles. The second-order valence-corrected chi connectivity index (χ2v) is 9.54. The summed E-state index contributed by atoms with van der Waals surface area (Å²) in [4.78, 5) is 21.2. The summed E-state index contributed by atoms with van der Waals surface area (Å²) in [5.74, 6) is 0.633. The van der Waals surface area contributed by atoms with Gasteiger partial charge in [-0.2, -0.15) is 4.31 Å². The highest BCUT2D eigenvalue weighted by atomic mass is 32.2. The molecule has 0 amide bonds. The summed E-state index contributed by atoms with van der Waals surface area (Å²) < 4.78 is 27.5. The standard InChI is InChI=1S/C21H24N4O3S/c1-15-7-8-17(13-16(15)2)29(27,28)25-11-9-24(10-12-25)14-20-22-19-6-4-3-5-18(19)21(26)23-20/h3-8,13H,9-12,14H2,1-2H3,(H,22,23,26)/p+1. The number of hydrogen-bond donors (Lipinski definition) is 2. The molecule has 0 saturated carbocycles. The van der Waals surface area contributed by atoms with Gasteiger partial charge >= 0.3 is 0 Å². The van der Waals surface area contributed by atoms with Gasteiger partial charge in [-0.1, -0.05) is 18.2 Å². The molecule has 1 aromatic heterocycles. The average Bonchev–Trinajstić information content (AvgIpc) is 2.70. The molecule has 1 fully saturated rings. The third-order valence-electron chi connectivity index (χ3n) is 5.63. The number of aromatic nitrogens is 2. The molecular weight excluding hydrogens is 388 g/mol. The normalized spacial score (nSPS) is 16.3. The summed E-state index contributed by atoms with van der Waals surface area (Å²) >= 11 is 0. The Hall–Kier alpha value is -2.55. The van der Waals surface area contributed by atoms with E-state index < -0.39 is 10.0 Å². The van der Waals surface area contributed by atoms with Crippen LogP contribution in [0, 0.1) is 13.8 Å².